The van der Waals surface area contributed by atoms with E-state index in [0.29, 0.717) is 12.5 Å². The Hall–Kier alpha value is -0.610. The quantitative estimate of drug-likeness (QED) is 0.781. The monoisotopic (exact) mass is 241 g/mol. The molecule has 1 aliphatic heterocycles. The van der Waals surface area contributed by atoms with Gasteiger partial charge in [-0.2, -0.15) is 0 Å². The van der Waals surface area contributed by atoms with E-state index in [0.717, 1.165) is 32.1 Å². The van der Waals surface area contributed by atoms with Crippen LogP contribution in [0.4, 0.5) is 0 Å². The van der Waals surface area contributed by atoms with Crippen molar-refractivity contribution in [1.82, 2.24) is 5.32 Å². The van der Waals surface area contributed by atoms with E-state index in [-0.39, 0.29) is 18.6 Å². The van der Waals surface area contributed by atoms with Gasteiger partial charge in [-0.3, -0.25) is 4.79 Å². The number of aliphatic hydroxyl groups is 1. The van der Waals surface area contributed by atoms with Crippen molar-refractivity contribution >= 4 is 5.91 Å². The molecule has 2 unspecified atom stereocenters. The molecule has 1 heterocycles. The van der Waals surface area contributed by atoms with Crippen LogP contribution < -0.4 is 5.32 Å². The number of nitrogens with one attached hydrogen (secondary N) is 1. The number of amides is 1. The van der Waals surface area contributed by atoms with Gasteiger partial charge in [0.25, 0.3) is 0 Å². The third kappa shape index (κ3) is 2.99. The summed E-state index contributed by atoms with van der Waals surface area (Å²) in [6.45, 7) is 2.90. The molecule has 1 saturated carbocycles. The minimum atomic E-state index is -0.402. The van der Waals surface area contributed by atoms with E-state index in [9.17, 15) is 9.90 Å². The van der Waals surface area contributed by atoms with E-state index >= 15 is 0 Å². The minimum Gasteiger partial charge on any atom is -0.394 e. The summed E-state index contributed by atoms with van der Waals surface area (Å²) in [4.78, 5) is 12.0. The molecule has 1 saturated heterocycles. The van der Waals surface area contributed by atoms with Crippen LogP contribution in [0.15, 0.2) is 0 Å². The predicted molar refractivity (Wildman–Crippen MR) is 64.6 cm³/mol. The maximum Gasteiger partial charge on any atom is 0.249 e. The Labute approximate surface area is 103 Å². The Balaban J connectivity index is 1.95. The standard InChI is InChI=1S/C13H23NO3/c1-10-4-2-6-13(8-10,9-15)14-12(16)11-5-3-7-17-11/h10-11,15H,2-9H2,1H3,(H,14,16)/t10?,11-,13?/m0/s1. The van der Waals surface area contributed by atoms with Crippen LogP contribution in [0.2, 0.25) is 0 Å². The number of carbonyl (C=O) groups is 1. The van der Waals surface area contributed by atoms with Crippen molar-refractivity contribution in [2.45, 2.75) is 57.1 Å². The fraction of sp³-hybridized carbons (Fsp3) is 0.923. The van der Waals surface area contributed by atoms with Gasteiger partial charge in [-0.25, -0.2) is 0 Å². The highest BCUT2D eigenvalue weighted by atomic mass is 16.5. The molecule has 0 aromatic heterocycles. The fourth-order valence-corrected chi connectivity index (χ4v) is 3.08. The van der Waals surface area contributed by atoms with Crippen molar-refractivity contribution in [1.29, 1.82) is 0 Å². The number of rotatable bonds is 3. The van der Waals surface area contributed by atoms with E-state index in [2.05, 4.69) is 12.2 Å². The van der Waals surface area contributed by atoms with E-state index in [4.69, 9.17) is 4.74 Å². The lowest BCUT2D eigenvalue weighted by atomic mass is 9.76. The summed E-state index contributed by atoms with van der Waals surface area (Å²) < 4.78 is 5.38. The Morgan fingerprint density at radius 1 is 1.47 bits per heavy atom. The largest absolute Gasteiger partial charge is 0.394 e. The number of hydrogen-bond acceptors (Lipinski definition) is 3. The lowest BCUT2D eigenvalue weighted by Crippen LogP contribution is -2.56. The zero-order chi connectivity index (χ0) is 12.3. The van der Waals surface area contributed by atoms with Crippen LogP contribution in [0.5, 0.6) is 0 Å². The molecule has 0 aromatic carbocycles. The average molecular weight is 241 g/mol. The van der Waals surface area contributed by atoms with Crippen molar-refractivity contribution in [2.75, 3.05) is 13.2 Å². The molecule has 1 amide bonds. The molecule has 2 fully saturated rings. The SMILES string of the molecule is CC1CCCC(CO)(NC(=O)[C@@H]2CCCO2)C1. The third-order valence-electron chi connectivity index (χ3n) is 4.00. The highest BCUT2D eigenvalue weighted by molar-refractivity contribution is 5.81. The molecule has 4 heteroatoms. The molecular formula is C13H23NO3. The van der Waals surface area contributed by atoms with Gasteiger partial charge in [-0.15, -0.1) is 0 Å². The van der Waals surface area contributed by atoms with Gasteiger partial charge in [0.1, 0.15) is 6.10 Å². The van der Waals surface area contributed by atoms with Gasteiger partial charge in [0.2, 0.25) is 5.91 Å². The minimum absolute atomic E-state index is 0.0364. The first kappa shape index (κ1) is 12.8. The first-order valence-corrected chi connectivity index (χ1v) is 6.70. The van der Waals surface area contributed by atoms with E-state index in [1.165, 1.54) is 6.42 Å². The smallest absolute Gasteiger partial charge is 0.249 e. The predicted octanol–water partition coefficient (Wildman–Crippen LogP) is 1.22. The Morgan fingerprint density at radius 2 is 2.29 bits per heavy atom. The summed E-state index contributed by atoms with van der Waals surface area (Å²) >= 11 is 0. The highest BCUT2D eigenvalue weighted by Crippen LogP contribution is 2.32. The molecule has 4 nitrogen and oxygen atoms in total. The van der Waals surface area contributed by atoms with Crippen LogP contribution in [-0.4, -0.2) is 35.9 Å². The second kappa shape index (κ2) is 5.36. The molecule has 0 aromatic rings. The lowest BCUT2D eigenvalue weighted by Gasteiger charge is -2.39. The Morgan fingerprint density at radius 3 is 2.88 bits per heavy atom. The highest BCUT2D eigenvalue weighted by Gasteiger charge is 2.37. The van der Waals surface area contributed by atoms with Gasteiger partial charge in [-0.05, 0) is 31.6 Å². The summed E-state index contributed by atoms with van der Waals surface area (Å²) in [7, 11) is 0. The third-order valence-corrected chi connectivity index (χ3v) is 4.00. The van der Waals surface area contributed by atoms with Crippen molar-refractivity contribution in [3.05, 3.63) is 0 Å². The van der Waals surface area contributed by atoms with Gasteiger partial charge < -0.3 is 15.2 Å². The summed E-state index contributed by atoms with van der Waals surface area (Å²) in [6, 6.07) is 0. The van der Waals surface area contributed by atoms with Gasteiger partial charge >= 0.3 is 0 Å². The maximum absolute atomic E-state index is 12.0. The first-order valence-electron chi connectivity index (χ1n) is 6.70. The summed E-state index contributed by atoms with van der Waals surface area (Å²) in [6.07, 6.45) is 5.50. The van der Waals surface area contributed by atoms with Crippen molar-refractivity contribution in [3.8, 4) is 0 Å². The summed E-state index contributed by atoms with van der Waals surface area (Å²) in [5.41, 5.74) is -0.402. The molecule has 17 heavy (non-hydrogen) atoms. The topological polar surface area (TPSA) is 58.6 Å². The van der Waals surface area contributed by atoms with Gasteiger partial charge in [-0.1, -0.05) is 19.8 Å². The van der Waals surface area contributed by atoms with Crippen LogP contribution in [-0.2, 0) is 9.53 Å². The summed E-state index contributed by atoms with van der Waals surface area (Å²) in [5, 5.41) is 12.6. The molecule has 2 rings (SSSR count). The molecule has 0 radical (unpaired) electrons. The average Bonchev–Trinajstić information content (AvgIpc) is 2.82. The normalized spacial score (nSPS) is 38.0. The number of carbonyl (C=O) groups excluding carboxylic acids is 1. The fourth-order valence-electron chi connectivity index (χ4n) is 3.08. The number of ether oxygens (including phenoxy) is 1. The van der Waals surface area contributed by atoms with Crippen molar-refractivity contribution in [3.63, 3.8) is 0 Å². The molecule has 1 aliphatic carbocycles. The Bertz CT molecular complexity index is 276. The van der Waals surface area contributed by atoms with E-state index in [1.54, 1.807) is 0 Å². The van der Waals surface area contributed by atoms with Gasteiger partial charge in [0.05, 0.1) is 12.1 Å². The molecule has 3 atom stereocenters. The Kier molecular flexibility index (Phi) is 4.05. The molecule has 98 valence electrons. The second-order valence-corrected chi connectivity index (χ2v) is 5.63. The summed E-state index contributed by atoms with van der Waals surface area (Å²) in [5.74, 6) is 0.534. The lowest BCUT2D eigenvalue weighted by molar-refractivity contribution is -0.133. The van der Waals surface area contributed by atoms with Crippen molar-refractivity contribution in [2.24, 2.45) is 5.92 Å². The van der Waals surface area contributed by atoms with Crippen LogP contribution in [0.1, 0.15) is 45.4 Å². The molecular weight excluding hydrogens is 218 g/mol. The first-order chi connectivity index (χ1) is 8.15. The van der Waals surface area contributed by atoms with Gasteiger partial charge in [0.15, 0.2) is 0 Å². The zero-order valence-electron chi connectivity index (χ0n) is 10.6. The number of hydrogen-bond donors (Lipinski definition) is 2. The molecule has 2 aliphatic rings. The molecule has 0 bridgehead atoms. The van der Waals surface area contributed by atoms with Crippen LogP contribution in [0.3, 0.4) is 0 Å². The van der Waals surface area contributed by atoms with E-state index in [1.807, 2.05) is 0 Å². The second-order valence-electron chi connectivity index (χ2n) is 5.63. The van der Waals surface area contributed by atoms with E-state index < -0.39 is 5.54 Å². The van der Waals surface area contributed by atoms with Crippen molar-refractivity contribution < 1.29 is 14.6 Å². The number of aliphatic hydroxyl groups excluding tert-OH is 1. The maximum atomic E-state index is 12.0. The van der Waals surface area contributed by atoms with Crippen LogP contribution in [0.25, 0.3) is 0 Å². The molecule has 0 spiro atoms. The zero-order valence-corrected chi connectivity index (χ0v) is 10.6. The van der Waals surface area contributed by atoms with Crippen LogP contribution >= 0.6 is 0 Å². The van der Waals surface area contributed by atoms with Crippen LogP contribution in [0, 0.1) is 5.92 Å². The molecule has 2 N–H and O–H groups in total. The van der Waals surface area contributed by atoms with Gasteiger partial charge in [0, 0.05) is 6.61 Å².